The summed E-state index contributed by atoms with van der Waals surface area (Å²) < 4.78 is 40.3. The number of hydrogen-bond donors (Lipinski definition) is 2. The fraction of sp³-hybridized carbons (Fsp3) is 0.438. The summed E-state index contributed by atoms with van der Waals surface area (Å²) in [6, 6.07) is 13.5. The van der Waals surface area contributed by atoms with Gasteiger partial charge in [-0.15, -0.1) is 0 Å². The molecule has 1 fully saturated rings. The average molecular weight is 513 g/mol. The molecule has 2 aromatic rings. The Hall–Kier alpha value is -2.95. The molecule has 0 unspecified atom stereocenters. The molecule has 5 heteroatoms. The van der Waals surface area contributed by atoms with Gasteiger partial charge < -0.3 is 11.1 Å². The zero-order valence-corrected chi connectivity index (χ0v) is 22.6. The smallest absolute Gasteiger partial charge is 0.402 e. The van der Waals surface area contributed by atoms with Crippen LogP contribution in [0.4, 0.5) is 13.2 Å². The second kappa shape index (κ2) is 15.3. The van der Waals surface area contributed by atoms with Crippen molar-refractivity contribution in [2.24, 2.45) is 11.7 Å². The van der Waals surface area contributed by atoms with Crippen molar-refractivity contribution in [1.82, 2.24) is 5.32 Å². The molecule has 37 heavy (non-hydrogen) atoms. The van der Waals surface area contributed by atoms with E-state index in [4.69, 9.17) is 5.73 Å². The Labute approximate surface area is 221 Å². The highest BCUT2D eigenvalue weighted by molar-refractivity contribution is 5.66. The van der Waals surface area contributed by atoms with Crippen molar-refractivity contribution >= 4 is 5.70 Å². The molecule has 2 nitrogen and oxygen atoms in total. The SMILES string of the molecule is C=C(NC(/C=C(\N)C1CCCCC1)=C/Cc1ccccc1C(F)(F)F)c1ccccc1C.CCCCC. The monoisotopic (exact) mass is 512 g/mol. The Morgan fingerprint density at radius 2 is 1.62 bits per heavy atom. The maximum Gasteiger partial charge on any atom is 0.416 e. The van der Waals surface area contributed by atoms with Gasteiger partial charge in [0.2, 0.25) is 0 Å². The van der Waals surface area contributed by atoms with Crippen LogP contribution in [0.5, 0.6) is 0 Å². The van der Waals surface area contributed by atoms with Crippen LogP contribution in [-0.4, -0.2) is 0 Å². The summed E-state index contributed by atoms with van der Waals surface area (Å²) >= 11 is 0. The van der Waals surface area contributed by atoms with Crippen LogP contribution >= 0.6 is 0 Å². The predicted molar refractivity (Wildman–Crippen MR) is 151 cm³/mol. The number of hydrogen-bond acceptors (Lipinski definition) is 2. The highest BCUT2D eigenvalue weighted by atomic mass is 19.4. The molecule has 202 valence electrons. The number of benzene rings is 2. The van der Waals surface area contributed by atoms with Gasteiger partial charge >= 0.3 is 6.18 Å². The minimum Gasteiger partial charge on any atom is -0.402 e. The molecule has 0 spiro atoms. The van der Waals surface area contributed by atoms with Crippen LogP contribution in [0.15, 0.2) is 78.7 Å². The van der Waals surface area contributed by atoms with E-state index in [0.717, 1.165) is 48.6 Å². The van der Waals surface area contributed by atoms with Gasteiger partial charge in [-0.25, -0.2) is 0 Å². The van der Waals surface area contributed by atoms with Gasteiger partial charge in [0.25, 0.3) is 0 Å². The minimum atomic E-state index is -4.39. The van der Waals surface area contributed by atoms with E-state index in [1.807, 2.05) is 37.3 Å². The second-order valence-electron chi connectivity index (χ2n) is 9.77. The Balaban J connectivity index is 0.000000877. The Kier molecular flexibility index (Phi) is 12.5. The van der Waals surface area contributed by atoms with Crippen LogP contribution < -0.4 is 11.1 Å². The number of nitrogens with one attached hydrogen (secondary N) is 1. The molecule has 0 amide bonds. The molecule has 3 rings (SSSR count). The zero-order chi connectivity index (χ0) is 27.3. The summed E-state index contributed by atoms with van der Waals surface area (Å²) in [7, 11) is 0. The van der Waals surface area contributed by atoms with Crippen LogP contribution in [0, 0.1) is 12.8 Å². The highest BCUT2D eigenvalue weighted by Crippen LogP contribution is 2.32. The molecule has 0 heterocycles. The van der Waals surface area contributed by atoms with E-state index in [1.165, 1.54) is 37.8 Å². The van der Waals surface area contributed by atoms with Crippen LogP contribution in [0.25, 0.3) is 5.70 Å². The lowest BCUT2D eigenvalue weighted by Gasteiger charge is -2.23. The van der Waals surface area contributed by atoms with Crippen molar-refractivity contribution in [2.75, 3.05) is 0 Å². The Morgan fingerprint density at radius 1 is 1.00 bits per heavy atom. The highest BCUT2D eigenvalue weighted by Gasteiger charge is 2.32. The quantitative estimate of drug-likeness (QED) is 0.329. The molecule has 0 bridgehead atoms. The number of alkyl halides is 3. The van der Waals surface area contributed by atoms with Gasteiger partial charge in [0.15, 0.2) is 0 Å². The molecule has 1 saturated carbocycles. The van der Waals surface area contributed by atoms with Crippen molar-refractivity contribution in [1.29, 1.82) is 0 Å². The molecule has 0 aliphatic heterocycles. The molecule has 0 atom stereocenters. The summed E-state index contributed by atoms with van der Waals surface area (Å²) in [6.07, 6.45) is 9.08. The minimum absolute atomic E-state index is 0.132. The summed E-state index contributed by atoms with van der Waals surface area (Å²) in [5.74, 6) is 0.308. The lowest BCUT2D eigenvalue weighted by molar-refractivity contribution is -0.138. The molecule has 3 N–H and O–H groups in total. The average Bonchev–Trinajstić information content (AvgIpc) is 2.88. The van der Waals surface area contributed by atoms with Crippen LogP contribution in [0.2, 0.25) is 0 Å². The molecule has 0 radical (unpaired) electrons. The number of halogens is 3. The van der Waals surface area contributed by atoms with E-state index in [0.29, 0.717) is 17.3 Å². The van der Waals surface area contributed by atoms with Crippen molar-refractivity contribution in [2.45, 2.75) is 84.7 Å². The molecule has 2 aromatic carbocycles. The van der Waals surface area contributed by atoms with Gasteiger partial charge in [-0.2, -0.15) is 13.2 Å². The van der Waals surface area contributed by atoms with Crippen molar-refractivity contribution in [3.8, 4) is 0 Å². The third-order valence-corrected chi connectivity index (χ3v) is 6.74. The summed E-state index contributed by atoms with van der Waals surface area (Å²) in [5, 5.41) is 3.30. The van der Waals surface area contributed by atoms with E-state index < -0.39 is 11.7 Å². The molecule has 1 aliphatic carbocycles. The standard InChI is InChI=1S/C27H31F3N2.C5H12/c1-19-10-6-8-14-24(19)20(2)32-23(18-26(31)22-12-4-3-5-13-22)17-16-21-11-7-9-15-25(21)27(28,29)30;1-3-5-4-2/h6-11,14-15,17-18,22,32H,2-5,12-13,16,31H2,1H3;3-5H2,1-2H3/b23-17+,26-18-;. The summed E-state index contributed by atoms with van der Waals surface area (Å²) in [5.41, 5.74) is 10.2. The number of aryl methyl sites for hydroxylation is 1. The maximum atomic E-state index is 13.4. The van der Waals surface area contributed by atoms with E-state index in [-0.39, 0.29) is 12.0 Å². The van der Waals surface area contributed by atoms with Crippen LogP contribution in [0.1, 0.15) is 87.5 Å². The first-order valence-corrected chi connectivity index (χ1v) is 13.5. The van der Waals surface area contributed by atoms with Gasteiger partial charge in [0.05, 0.1) is 5.56 Å². The lowest BCUT2D eigenvalue weighted by Crippen LogP contribution is -2.18. The van der Waals surface area contributed by atoms with E-state index in [1.54, 1.807) is 12.1 Å². The van der Waals surface area contributed by atoms with Crippen molar-refractivity contribution in [3.05, 3.63) is 101 Å². The lowest BCUT2D eigenvalue weighted by atomic mass is 9.86. The van der Waals surface area contributed by atoms with Crippen molar-refractivity contribution in [3.63, 3.8) is 0 Å². The summed E-state index contributed by atoms with van der Waals surface area (Å²) in [6.45, 7) is 10.6. The molecule has 1 aliphatic rings. The first-order valence-electron chi connectivity index (χ1n) is 13.5. The number of allylic oxidation sites excluding steroid dienone is 3. The normalized spacial score (nSPS) is 15.1. The number of unbranched alkanes of at least 4 members (excludes halogenated alkanes) is 2. The van der Waals surface area contributed by atoms with Gasteiger partial charge in [-0.3, -0.25) is 0 Å². The Morgan fingerprint density at radius 3 is 2.22 bits per heavy atom. The molecule has 0 saturated heterocycles. The fourth-order valence-corrected chi connectivity index (χ4v) is 4.58. The fourth-order valence-electron chi connectivity index (χ4n) is 4.58. The largest absolute Gasteiger partial charge is 0.416 e. The second-order valence-corrected chi connectivity index (χ2v) is 9.77. The third kappa shape index (κ3) is 10.1. The summed E-state index contributed by atoms with van der Waals surface area (Å²) in [4.78, 5) is 0. The third-order valence-electron chi connectivity index (χ3n) is 6.74. The molecular formula is C32H43F3N2. The molecular weight excluding hydrogens is 469 g/mol. The predicted octanol–water partition coefficient (Wildman–Crippen LogP) is 9.32. The van der Waals surface area contributed by atoms with E-state index in [2.05, 4.69) is 25.7 Å². The maximum absolute atomic E-state index is 13.4. The van der Waals surface area contributed by atoms with Gasteiger partial charge in [-0.05, 0) is 55.4 Å². The van der Waals surface area contributed by atoms with Crippen LogP contribution in [-0.2, 0) is 12.6 Å². The molecule has 0 aromatic heterocycles. The van der Waals surface area contributed by atoms with Gasteiger partial charge in [0.1, 0.15) is 0 Å². The zero-order valence-electron chi connectivity index (χ0n) is 22.6. The number of nitrogens with two attached hydrogens (primary N) is 1. The van der Waals surface area contributed by atoms with E-state index >= 15 is 0 Å². The van der Waals surface area contributed by atoms with Crippen LogP contribution in [0.3, 0.4) is 0 Å². The number of rotatable bonds is 9. The van der Waals surface area contributed by atoms with Gasteiger partial charge in [-0.1, -0.05) is 107 Å². The topological polar surface area (TPSA) is 38.0 Å². The first-order chi connectivity index (χ1) is 17.7. The van der Waals surface area contributed by atoms with E-state index in [9.17, 15) is 13.2 Å². The Bertz CT molecular complexity index is 1040. The first kappa shape index (κ1) is 30.3. The van der Waals surface area contributed by atoms with Crippen molar-refractivity contribution < 1.29 is 13.2 Å². The van der Waals surface area contributed by atoms with Gasteiger partial charge in [0, 0.05) is 22.7 Å².